The Balaban J connectivity index is 2.25. The zero-order chi connectivity index (χ0) is 10.1. The summed E-state index contributed by atoms with van der Waals surface area (Å²) in [6.07, 6.45) is 1.13. The molecule has 0 spiro atoms. The maximum atomic E-state index is 5.72. The van der Waals surface area contributed by atoms with Gasteiger partial charge in [0.2, 0.25) is 0 Å². The first-order chi connectivity index (χ1) is 6.72. The van der Waals surface area contributed by atoms with Crippen molar-refractivity contribution in [3.63, 3.8) is 0 Å². The number of rotatable bonds is 2. The largest absolute Gasteiger partial charge is 0.444 e. The smallest absolute Gasteiger partial charge is 0.191 e. The molecular formula is C10H17N3O. The summed E-state index contributed by atoms with van der Waals surface area (Å²) in [7, 11) is 0. The van der Waals surface area contributed by atoms with E-state index in [0.717, 1.165) is 30.3 Å². The SMILES string of the molecule is Cc1nc(C)c(C2NCCC2CN)o1. The number of aryl methyl sites for hydroxylation is 2. The molecule has 14 heavy (non-hydrogen) atoms. The second-order valence-electron chi connectivity index (χ2n) is 3.90. The van der Waals surface area contributed by atoms with Crippen molar-refractivity contribution >= 4 is 0 Å². The van der Waals surface area contributed by atoms with Gasteiger partial charge in [0.25, 0.3) is 0 Å². The first-order valence-corrected chi connectivity index (χ1v) is 5.09. The molecule has 0 radical (unpaired) electrons. The number of hydrogen-bond acceptors (Lipinski definition) is 4. The van der Waals surface area contributed by atoms with Crippen LogP contribution < -0.4 is 11.1 Å². The van der Waals surface area contributed by atoms with Crippen LogP contribution in [0.15, 0.2) is 4.42 Å². The lowest BCUT2D eigenvalue weighted by atomic mass is 9.98. The number of nitrogens with one attached hydrogen (secondary N) is 1. The molecule has 0 saturated carbocycles. The fourth-order valence-corrected chi connectivity index (χ4v) is 2.15. The molecular weight excluding hydrogens is 178 g/mol. The average Bonchev–Trinajstić information content (AvgIpc) is 2.71. The second-order valence-corrected chi connectivity index (χ2v) is 3.90. The lowest BCUT2D eigenvalue weighted by molar-refractivity contribution is 0.369. The highest BCUT2D eigenvalue weighted by Gasteiger charge is 2.31. The van der Waals surface area contributed by atoms with Gasteiger partial charge >= 0.3 is 0 Å². The maximum Gasteiger partial charge on any atom is 0.191 e. The van der Waals surface area contributed by atoms with E-state index in [1.165, 1.54) is 0 Å². The molecule has 0 amide bonds. The van der Waals surface area contributed by atoms with Gasteiger partial charge in [-0.2, -0.15) is 0 Å². The van der Waals surface area contributed by atoms with Gasteiger partial charge in [-0.3, -0.25) is 0 Å². The van der Waals surface area contributed by atoms with Crippen molar-refractivity contribution in [3.05, 3.63) is 17.3 Å². The van der Waals surface area contributed by atoms with Gasteiger partial charge in [-0.1, -0.05) is 0 Å². The standard InChI is InChI=1S/C10H17N3O/c1-6-10(14-7(2)13-6)9-8(5-11)3-4-12-9/h8-9,12H,3-5,11H2,1-2H3. The van der Waals surface area contributed by atoms with Gasteiger partial charge in [-0.05, 0) is 32.4 Å². The molecule has 4 heteroatoms. The van der Waals surface area contributed by atoms with Crippen LogP contribution in [0.4, 0.5) is 0 Å². The Morgan fingerprint density at radius 1 is 1.57 bits per heavy atom. The molecule has 1 fully saturated rings. The van der Waals surface area contributed by atoms with E-state index in [1.807, 2.05) is 13.8 Å². The Kier molecular flexibility index (Phi) is 2.56. The molecule has 1 aliphatic heterocycles. The first-order valence-electron chi connectivity index (χ1n) is 5.09. The van der Waals surface area contributed by atoms with Crippen molar-refractivity contribution in [1.29, 1.82) is 0 Å². The van der Waals surface area contributed by atoms with E-state index in [-0.39, 0.29) is 6.04 Å². The highest BCUT2D eigenvalue weighted by molar-refractivity contribution is 5.15. The highest BCUT2D eigenvalue weighted by atomic mass is 16.4. The number of nitrogens with zero attached hydrogens (tertiary/aromatic N) is 1. The van der Waals surface area contributed by atoms with E-state index in [9.17, 15) is 0 Å². The maximum absolute atomic E-state index is 5.72. The second kappa shape index (κ2) is 3.71. The fourth-order valence-electron chi connectivity index (χ4n) is 2.15. The number of nitrogens with two attached hydrogens (primary N) is 1. The van der Waals surface area contributed by atoms with Gasteiger partial charge in [0.05, 0.1) is 11.7 Å². The van der Waals surface area contributed by atoms with Gasteiger partial charge in [0, 0.05) is 6.92 Å². The van der Waals surface area contributed by atoms with Crippen LogP contribution >= 0.6 is 0 Å². The van der Waals surface area contributed by atoms with Crippen LogP contribution in [0.1, 0.15) is 29.8 Å². The van der Waals surface area contributed by atoms with Crippen molar-refractivity contribution in [2.24, 2.45) is 11.7 Å². The molecule has 1 aromatic heterocycles. The average molecular weight is 195 g/mol. The molecule has 0 aliphatic carbocycles. The van der Waals surface area contributed by atoms with Crippen molar-refractivity contribution < 1.29 is 4.42 Å². The monoisotopic (exact) mass is 195 g/mol. The van der Waals surface area contributed by atoms with E-state index in [2.05, 4.69) is 10.3 Å². The third kappa shape index (κ3) is 1.55. The van der Waals surface area contributed by atoms with E-state index in [0.29, 0.717) is 12.5 Å². The Bertz CT molecular complexity index is 321. The lowest BCUT2D eigenvalue weighted by Crippen LogP contribution is -2.23. The van der Waals surface area contributed by atoms with Crippen LogP contribution in [-0.4, -0.2) is 18.1 Å². The van der Waals surface area contributed by atoms with Crippen LogP contribution in [0.2, 0.25) is 0 Å². The van der Waals surface area contributed by atoms with Crippen LogP contribution in [0.3, 0.4) is 0 Å². The summed E-state index contributed by atoms with van der Waals surface area (Å²) in [5.74, 6) is 2.19. The lowest BCUT2D eigenvalue weighted by Gasteiger charge is -2.15. The van der Waals surface area contributed by atoms with Gasteiger partial charge in [0.1, 0.15) is 5.76 Å². The van der Waals surface area contributed by atoms with Crippen molar-refractivity contribution in [2.75, 3.05) is 13.1 Å². The van der Waals surface area contributed by atoms with E-state index >= 15 is 0 Å². The van der Waals surface area contributed by atoms with Gasteiger partial charge in [-0.25, -0.2) is 4.98 Å². The van der Waals surface area contributed by atoms with Crippen molar-refractivity contribution in [2.45, 2.75) is 26.3 Å². The van der Waals surface area contributed by atoms with Gasteiger partial charge in [-0.15, -0.1) is 0 Å². The molecule has 4 nitrogen and oxygen atoms in total. The van der Waals surface area contributed by atoms with Crippen LogP contribution in [-0.2, 0) is 0 Å². The topological polar surface area (TPSA) is 64.1 Å². The minimum Gasteiger partial charge on any atom is -0.444 e. The van der Waals surface area contributed by atoms with E-state index < -0.39 is 0 Å². The Morgan fingerprint density at radius 3 is 2.93 bits per heavy atom. The zero-order valence-electron chi connectivity index (χ0n) is 8.71. The summed E-state index contributed by atoms with van der Waals surface area (Å²) in [5.41, 5.74) is 6.70. The fraction of sp³-hybridized carbons (Fsp3) is 0.700. The van der Waals surface area contributed by atoms with Crippen LogP contribution in [0.25, 0.3) is 0 Å². The van der Waals surface area contributed by atoms with E-state index in [1.54, 1.807) is 0 Å². The number of oxazole rings is 1. The summed E-state index contributed by atoms with van der Waals surface area (Å²) < 4.78 is 5.60. The molecule has 1 saturated heterocycles. The molecule has 1 aliphatic rings. The molecule has 2 rings (SSSR count). The predicted octanol–water partition coefficient (Wildman–Crippen LogP) is 0.901. The zero-order valence-corrected chi connectivity index (χ0v) is 8.71. The van der Waals surface area contributed by atoms with Crippen LogP contribution in [0.5, 0.6) is 0 Å². The summed E-state index contributed by atoms with van der Waals surface area (Å²) >= 11 is 0. The Hall–Kier alpha value is -0.870. The quantitative estimate of drug-likeness (QED) is 0.736. The number of hydrogen-bond donors (Lipinski definition) is 2. The predicted molar refractivity (Wildman–Crippen MR) is 53.9 cm³/mol. The molecule has 2 atom stereocenters. The molecule has 0 bridgehead atoms. The van der Waals surface area contributed by atoms with Crippen LogP contribution in [0, 0.1) is 19.8 Å². The summed E-state index contributed by atoms with van der Waals surface area (Å²) in [5, 5.41) is 3.41. The Labute approximate surface area is 83.9 Å². The molecule has 2 heterocycles. The van der Waals surface area contributed by atoms with Gasteiger partial charge in [0.15, 0.2) is 5.89 Å². The molecule has 2 unspecified atom stereocenters. The number of aromatic nitrogens is 1. The summed E-state index contributed by atoms with van der Waals surface area (Å²) in [6, 6.07) is 0.265. The third-order valence-electron chi connectivity index (χ3n) is 2.88. The minimum absolute atomic E-state index is 0.265. The molecule has 0 aromatic carbocycles. The molecule has 1 aromatic rings. The summed E-state index contributed by atoms with van der Waals surface area (Å²) in [4.78, 5) is 4.28. The van der Waals surface area contributed by atoms with Gasteiger partial charge < -0.3 is 15.5 Å². The van der Waals surface area contributed by atoms with Crippen molar-refractivity contribution in [1.82, 2.24) is 10.3 Å². The third-order valence-corrected chi connectivity index (χ3v) is 2.88. The van der Waals surface area contributed by atoms with E-state index in [4.69, 9.17) is 10.2 Å². The summed E-state index contributed by atoms with van der Waals surface area (Å²) in [6.45, 7) is 5.59. The normalized spacial score (nSPS) is 27.1. The molecule has 3 N–H and O–H groups in total. The Morgan fingerprint density at radius 2 is 2.36 bits per heavy atom. The molecule has 78 valence electrons. The minimum atomic E-state index is 0.265. The van der Waals surface area contributed by atoms with Crippen molar-refractivity contribution in [3.8, 4) is 0 Å². The highest BCUT2D eigenvalue weighted by Crippen LogP contribution is 2.30. The first kappa shape index (κ1) is 9.68.